The lowest BCUT2D eigenvalue weighted by Gasteiger charge is -2.16. The van der Waals surface area contributed by atoms with Crippen LogP contribution in [0.1, 0.15) is 45.1 Å². The molecular formula is C23H23N3O2. The van der Waals surface area contributed by atoms with Crippen molar-refractivity contribution in [2.75, 3.05) is 7.05 Å². The summed E-state index contributed by atoms with van der Waals surface area (Å²) in [7, 11) is 1.77. The van der Waals surface area contributed by atoms with Gasteiger partial charge in [0.05, 0.1) is 6.54 Å². The Bertz CT molecular complexity index is 999. The predicted molar refractivity (Wildman–Crippen MR) is 108 cm³/mol. The third kappa shape index (κ3) is 3.88. The first-order chi connectivity index (χ1) is 13.5. The van der Waals surface area contributed by atoms with Gasteiger partial charge in [-0.05, 0) is 43.0 Å². The smallest absolute Gasteiger partial charge is 0.254 e. The highest BCUT2D eigenvalue weighted by molar-refractivity contribution is 5.99. The van der Waals surface area contributed by atoms with E-state index >= 15 is 0 Å². The molecule has 1 aromatic heterocycles. The van der Waals surface area contributed by atoms with E-state index in [0.29, 0.717) is 12.1 Å². The summed E-state index contributed by atoms with van der Waals surface area (Å²) in [6, 6.07) is 15.3. The number of hydrogen-bond acceptors (Lipinski definition) is 3. The Kier molecular flexibility index (Phi) is 4.82. The average Bonchev–Trinajstić information content (AvgIpc) is 3.49. The Hall–Kier alpha value is -3.21. The lowest BCUT2D eigenvalue weighted by molar-refractivity contribution is 0.0781. The fourth-order valence-electron chi connectivity index (χ4n) is 3.28. The molecule has 1 aliphatic carbocycles. The second kappa shape index (κ2) is 7.43. The van der Waals surface area contributed by atoms with Gasteiger partial charge in [0.25, 0.3) is 5.91 Å². The van der Waals surface area contributed by atoms with E-state index in [0.717, 1.165) is 41.1 Å². The van der Waals surface area contributed by atoms with Gasteiger partial charge in [-0.1, -0.05) is 36.4 Å². The number of Topliss-reactive ketones (excluding diaryl/α,β-unsaturated/α-hetero) is 1. The van der Waals surface area contributed by atoms with Gasteiger partial charge >= 0.3 is 0 Å². The number of aromatic nitrogens is 2. The van der Waals surface area contributed by atoms with Crippen molar-refractivity contribution in [3.8, 4) is 11.1 Å². The lowest BCUT2D eigenvalue weighted by Crippen LogP contribution is -2.26. The number of aryl methyl sites for hydroxylation is 1. The summed E-state index contributed by atoms with van der Waals surface area (Å²) < 4.78 is 0. The number of ketones is 1. The molecule has 0 bridgehead atoms. The third-order valence-electron chi connectivity index (χ3n) is 5.07. The van der Waals surface area contributed by atoms with Crippen molar-refractivity contribution < 1.29 is 9.59 Å². The number of amides is 1. The molecule has 4 rings (SSSR count). The summed E-state index contributed by atoms with van der Waals surface area (Å²) >= 11 is 0. The summed E-state index contributed by atoms with van der Waals surface area (Å²) in [5.74, 6) is 1.21. The van der Waals surface area contributed by atoms with Crippen molar-refractivity contribution >= 4 is 11.7 Å². The number of carbonyl (C=O) groups excluding carboxylic acids is 2. The zero-order chi connectivity index (χ0) is 19.7. The molecule has 0 saturated heterocycles. The van der Waals surface area contributed by atoms with Crippen molar-refractivity contribution in [1.29, 1.82) is 0 Å². The van der Waals surface area contributed by atoms with Crippen LogP contribution in [0, 0.1) is 12.8 Å². The van der Waals surface area contributed by atoms with Crippen molar-refractivity contribution in [1.82, 2.24) is 14.9 Å². The van der Waals surface area contributed by atoms with Crippen LogP contribution in [0.2, 0.25) is 0 Å². The van der Waals surface area contributed by atoms with E-state index in [4.69, 9.17) is 0 Å². The Morgan fingerprint density at radius 2 is 1.57 bits per heavy atom. The SMILES string of the molecule is Cc1cnc(CN(C)C(=O)c2ccc(-c3ccc(C(=O)C4CC4)cc3)cc2)[nH]1. The van der Waals surface area contributed by atoms with Crippen LogP contribution in [-0.2, 0) is 6.54 Å². The summed E-state index contributed by atoms with van der Waals surface area (Å²) in [6.45, 7) is 2.37. The third-order valence-corrected chi connectivity index (χ3v) is 5.07. The lowest BCUT2D eigenvalue weighted by atomic mass is 10.00. The van der Waals surface area contributed by atoms with Gasteiger partial charge in [0.2, 0.25) is 0 Å². The molecule has 0 spiro atoms. The van der Waals surface area contributed by atoms with E-state index in [1.165, 1.54) is 0 Å². The largest absolute Gasteiger partial charge is 0.345 e. The first-order valence-corrected chi connectivity index (χ1v) is 9.52. The van der Waals surface area contributed by atoms with E-state index in [1.807, 2.05) is 55.5 Å². The number of imidazole rings is 1. The molecule has 5 nitrogen and oxygen atoms in total. The predicted octanol–water partition coefficient (Wildman–Crippen LogP) is 4.25. The van der Waals surface area contributed by atoms with Gasteiger partial charge in [0, 0.05) is 36.0 Å². The van der Waals surface area contributed by atoms with Crippen LogP contribution in [0.15, 0.2) is 54.7 Å². The number of H-pyrrole nitrogens is 1. The van der Waals surface area contributed by atoms with Crippen LogP contribution in [0.5, 0.6) is 0 Å². The number of hydrogen-bond donors (Lipinski definition) is 1. The molecule has 1 N–H and O–H groups in total. The van der Waals surface area contributed by atoms with Crippen LogP contribution >= 0.6 is 0 Å². The number of aromatic amines is 1. The normalized spacial score (nSPS) is 13.4. The first kappa shape index (κ1) is 18.2. The second-order valence-electron chi connectivity index (χ2n) is 7.47. The van der Waals surface area contributed by atoms with E-state index < -0.39 is 0 Å². The number of nitrogens with one attached hydrogen (secondary N) is 1. The molecule has 5 heteroatoms. The molecule has 0 atom stereocenters. The fourth-order valence-corrected chi connectivity index (χ4v) is 3.28. The van der Waals surface area contributed by atoms with E-state index in [9.17, 15) is 9.59 Å². The maximum Gasteiger partial charge on any atom is 0.254 e. The monoisotopic (exact) mass is 373 g/mol. The molecule has 142 valence electrons. The second-order valence-corrected chi connectivity index (χ2v) is 7.47. The highest BCUT2D eigenvalue weighted by Crippen LogP contribution is 2.33. The Morgan fingerprint density at radius 1 is 1.00 bits per heavy atom. The molecule has 1 aliphatic rings. The van der Waals surface area contributed by atoms with Gasteiger partial charge in [0.1, 0.15) is 5.82 Å². The molecule has 1 amide bonds. The summed E-state index contributed by atoms with van der Waals surface area (Å²) in [6.07, 6.45) is 3.79. The van der Waals surface area contributed by atoms with Crippen molar-refractivity contribution in [3.63, 3.8) is 0 Å². The molecule has 1 heterocycles. The fraction of sp³-hybridized carbons (Fsp3) is 0.261. The zero-order valence-corrected chi connectivity index (χ0v) is 16.1. The molecule has 0 aliphatic heterocycles. The number of benzene rings is 2. The van der Waals surface area contributed by atoms with Crippen molar-refractivity contribution in [3.05, 3.63) is 77.4 Å². The van der Waals surface area contributed by atoms with Crippen LogP contribution < -0.4 is 0 Å². The quantitative estimate of drug-likeness (QED) is 0.657. The van der Waals surface area contributed by atoms with Gasteiger partial charge < -0.3 is 9.88 Å². The molecule has 1 fully saturated rings. The molecule has 0 unspecified atom stereocenters. The summed E-state index contributed by atoms with van der Waals surface area (Å²) in [5, 5.41) is 0. The molecular weight excluding hydrogens is 350 g/mol. The highest BCUT2D eigenvalue weighted by atomic mass is 16.2. The van der Waals surface area contributed by atoms with E-state index in [-0.39, 0.29) is 17.6 Å². The minimum absolute atomic E-state index is 0.0500. The minimum Gasteiger partial charge on any atom is -0.345 e. The number of carbonyl (C=O) groups is 2. The Balaban J connectivity index is 1.44. The first-order valence-electron chi connectivity index (χ1n) is 9.52. The molecule has 1 saturated carbocycles. The molecule has 2 aromatic carbocycles. The summed E-state index contributed by atoms with van der Waals surface area (Å²) in [5.41, 5.74) is 4.45. The van der Waals surface area contributed by atoms with Gasteiger partial charge in [-0.2, -0.15) is 0 Å². The van der Waals surface area contributed by atoms with Gasteiger partial charge in [-0.15, -0.1) is 0 Å². The zero-order valence-electron chi connectivity index (χ0n) is 16.1. The number of rotatable bonds is 6. The van der Waals surface area contributed by atoms with Crippen molar-refractivity contribution in [2.24, 2.45) is 5.92 Å². The minimum atomic E-state index is -0.0500. The molecule has 3 aromatic rings. The Labute approximate surface area is 164 Å². The van der Waals surface area contributed by atoms with Crippen LogP contribution in [0.4, 0.5) is 0 Å². The summed E-state index contributed by atoms with van der Waals surface area (Å²) in [4.78, 5) is 33.8. The average molecular weight is 373 g/mol. The van der Waals surface area contributed by atoms with Crippen LogP contribution in [0.3, 0.4) is 0 Å². The van der Waals surface area contributed by atoms with Gasteiger partial charge in [-0.3, -0.25) is 9.59 Å². The number of nitrogens with zero attached hydrogens (tertiary/aromatic N) is 2. The Morgan fingerprint density at radius 3 is 2.07 bits per heavy atom. The van der Waals surface area contributed by atoms with E-state index in [2.05, 4.69) is 9.97 Å². The topological polar surface area (TPSA) is 66.1 Å². The van der Waals surface area contributed by atoms with Gasteiger partial charge in [-0.25, -0.2) is 4.98 Å². The highest BCUT2D eigenvalue weighted by Gasteiger charge is 2.30. The molecule has 28 heavy (non-hydrogen) atoms. The standard InChI is InChI=1S/C23H23N3O2/c1-15-13-24-21(25-15)14-26(2)23(28)20-11-5-17(6-12-20)16-3-7-18(8-4-16)22(27)19-9-10-19/h3-8,11-13,19H,9-10,14H2,1-2H3,(H,24,25). The van der Waals surface area contributed by atoms with Crippen LogP contribution in [0.25, 0.3) is 11.1 Å². The van der Waals surface area contributed by atoms with Crippen LogP contribution in [-0.4, -0.2) is 33.6 Å². The van der Waals surface area contributed by atoms with E-state index in [1.54, 1.807) is 18.1 Å². The molecule has 0 radical (unpaired) electrons. The maximum atomic E-state index is 12.6. The van der Waals surface area contributed by atoms with Crippen molar-refractivity contribution in [2.45, 2.75) is 26.3 Å². The maximum absolute atomic E-state index is 12.6. The van der Waals surface area contributed by atoms with Gasteiger partial charge in [0.15, 0.2) is 5.78 Å².